The Hall–Kier alpha value is -3.14. The van der Waals surface area contributed by atoms with Crippen molar-refractivity contribution in [1.82, 2.24) is 5.32 Å². The van der Waals surface area contributed by atoms with Crippen molar-refractivity contribution in [3.8, 4) is 0 Å². The quantitative estimate of drug-likeness (QED) is 0.652. The summed E-state index contributed by atoms with van der Waals surface area (Å²) in [4.78, 5) is 26.9. The molecule has 3 aliphatic rings. The molecule has 32 heavy (non-hydrogen) atoms. The van der Waals surface area contributed by atoms with Crippen molar-refractivity contribution in [1.29, 1.82) is 0 Å². The van der Waals surface area contributed by atoms with Crippen LogP contribution in [-0.2, 0) is 14.3 Å². The molecule has 0 bridgehead atoms. The summed E-state index contributed by atoms with van der Waals surface area (Å²) in [6.07, 6.45) is 5.25. The molecule has 2 aliphatic carbocycles. The Morgan fingerprint density at radius 3 is 2.19 bits per heavy atom. The molecule has 5 rings (SSSR count). The standard InChI is InChI=1S/C28H29NO3/c1-18-25(28(31)32-22-14-8-9-15-22)26(20-12-6-3-7-13-20)27-23(29-18)16-21(17-24(27)30)19-10-4-2-5-11-19/h2-7,10-13,21-22,26,29H,8-9,14-17H2,1H3/t21-,26-/m0/s1. The minimum atomic E-state index is -0.384. The Bertz CT molecular complexity index is 1080. The lowest BCUT2D eigenvalue weighted by Crippen LogP contribution is -2.36. The predicted molar refractivity (Wildman–Crippen MR) is 124 cm³/mol. The number of nitrogens with one attached hydrogen (secondary N) is 1. The summed E-state index contributed by atoms with van der Waals surface area (Å²) in [5.74, 6) is -0.419. The number of esters is 1. The van der Waals surface area contributed by atoms with Crippen LogP contribution in [0.1, 0.15) is 68.4 Å². The fourth-order valence-corrected chi connectivity index (χ4v) is 5.47. The molecule has 4 heteroatoms. The zero-order chi connectivity index (χ0) is 22.1. The van der Waals surface area contributed by atoms with E-state index in [0.717, 1.165) is 54.6 Å². The molecule has 0 unspecified atom stereocenters. The molecule has 0 amide bonds. The number of ketones is 1. The van der Waals surface area contributed by atoms with E-state index in [4.69, 9.17) is 4.74 Å². The Labute approximate surface area is 189 Å². The number of Topliss-reactive ketones (excluding diaryl/α,β-unsaturated/α-hetero) is 1. The number of ether oxygens (including phenoxy) is 1. The number of dihydropyridines is 1. The summed E-state index contributed by atoms with van der Waals surface area (Å²) >= 11 is 0. The molecule has 0 aromatic heterocycles. The van der Waals surface area contributed by atoms with Gasteiger partial charge >= 0.3 is 5.97 Å². The first-order chi connectivity index (χ1) is 15.6. The molecule has 2 aromatic carbocycles. The van der Waals surface area contributed by atoms with Crippen molar-refractivity contribution >= 4 is 11.8 Å². The van der Waals surface area contributed by atoms with Crippen molar-refractivity contribution in [2.45, 2.75) is 63.4 Å². The molecule has 1 saturated carbocycles. The molecule has 0 saturated heterocycles. The van der Waals surface area contributed by atoms with Gasteiger partial charge in [-0.2, -0.15) is 0 Å². The summed E-state index contributed by atoms with van der Waals surface area (Å²) in [5.41, 5.74) is 5.19. The fraction of sp³-hybridized carbons (Fsp3) is 0.357. The first kappa shape index (κ1) is 20.7. The maximum Gasteiger partial charge on any atom is 0.337 e. The second-order valence-electron chi connectivity index (χ2n) is 9.15. The lowest BCUT2D eigenvalue weighted by atomic mass is 9.72. The smallest absolute Gasteiger partial charge is 0.337 e. The van der Waals surface area contributed by atoms with Gasteiger partial charge in [0.15, 0.2) is 5.78 Å². The van der Waals surface area contributed by atoms with Gasteiger partial charge in [0.05, 0.1) is 5.57 Å². The van der Waals surface area contributed by atoms with Gasteiger partial charge in [0.25, 0.3) is 0 Å². The van der Waals surface area contributed by atoms with E-state index in [1.165, 1.54) is 5.56 Å². The zero-order valence-corrected chi connectivity index (χ0v) is 18.5. The van der Waals surface area contributed by atoms with E-state index >= 15 is 0 Å². The molecule has 1 N–H and O–H groups in total. The number of rotatable bonds is 4. The summed E-state index contributed by atoms with van der Waals surface area (Å²) in [7, 11) is 0. The molecule has 2 aromatic rings. The summed E-state index contributed by atoms with van der Waals surface area (Å²) in [6, 6.07) is 20.1. The third kappa shape index (κ3) is 3.90. The first-order valence-corrected chi connectivity index (χ1v) is 11.7. The number of carbonyl (C=O) groups excluding carboxylic acids is 2. The maximum absolute atomic E-state index is 13.5. The van der Waals surface area contributed by atoms with Crippen molar-refractivity contribution in [2.24, 2.45) is 0 Å². The molecular formula is C28H29NO3. The Morgan fingerprint density at radius 1 is 0.906 bits per heavy atom. The topological polar surface area (TPSA) is 55.4 Å². The van der Waals surface area contributed by atoms with Gasteiger partial charge in [0, 0.05) is 29.3 Å². The highest BCUT2D eigenvalue weighted by atomic mass is 16.5. The zero-order valence-electron chi connectivity index (χ0n) is 18.5. The highest BCUT2D eigenvalue weighted by Crippen LogP contribution is 2.45. The molecule has 2 atom stereocenters. The second kappa shape index (κ2) is 8.78. The third-order valence-corrected chi connectivity index (χ3v) is 7.03. The minimum Gasteiger partial charge on any atom is -0.459 e. The molecule has 4 nitrogen and oxygen atoms in total. The number of carbonyl (C=O) groups is 2. The van der Waals surface area contributed by atoms with Crippen molar-refractivity contribution in [3.05, 3.63) is 94.3 Å². The Kier molecular flexibility index (Phi) is 5.69. The lowest BCUT2D eigenvalue weighted by molar-refractivity contribution is -0.144. The van der Waals surface area contributed by atoms with Crippen LogP contribution < -0.4 is 5.32 Å². The average molecular weight is 428 g/mol. The molecule has 0 spiro atoms. The van der Waals surface area contributed by atoms with Crippen LogP contribution in [0.4, 0.5) is 0 Å². The van der Waals surface area contributed by atoms with Crippen LogP contribution in [-0.4, -0.2) is 17.9 Å². The third-order valence-electron chi connectivity index (χ3n) is 7.03. The van der Waals surface area contributed by atoms with Crippen LogP contribution in [0, 0.1) is 0 Å². The van der Waals surface area contributed by atoms with E-state index < -0.39 is 0 Å². The molecule has 1 heterocycles. The Balaban J connectivity index is 1.53. The number of hydrogen-bond donors (Lipinski definition) is 1. The number of allylic oxidation sites excluding steroid dienone is 3. The normalized spacial score (nSPS) is 23.7. The van der Waals surface area contributed by atoms with Crippen molar-refractivity contribution in [2.75, 3.05) is 0 Å². The van der Waals surface area contributed by atoms with E-state index in [1.807, 2.05) is 55.5 Å². The van der Waals surface area contributed by atoms with Crippen LogP contribution in [0.3, 0.4) is 0 Å². The van der Waals surface area contributed by atoms with Gasteiger partial charge in [-0.25, -0.2) is 4.79 Å². The van der Waals surface area contributed by atoms with Crippen LogP contribution >= 0.6 is 0 Å². The van der Waals surface area contributed by atoms with Gasteiger partial charge in [0.1, 0.15) is 6.10 Å². The van der Waals surface area contributed by atoms with Gasteiger partial charge in [-0.05, 0) is 56.1 Å². The SMILES string of the molecule is CC1=C(C(=O)OC2CCCC2)[C@H](c2ccccc2)C2=C(C[C@H](c3ccccc3)CC2=O)N1. The molecule has 164 valence electrons. The van der Waals surface area contributed by atoms with E-state index in [2.05, 4.69) is 17.4 Å². The monoisotopic (exact) mass is 427 g/mol. The predicted octanol–water partition coefficient (Wildman–Crippen LogP) is 5.53. The summed E-state index contributed by atoms with van der Waals surface area (Å²) < 4.78 is 5.91. The van der Waals surface area contributed by atoms with E-state index in [-0.39, 0.29) is 29.7 Å². The fourth-order valence-electron chi connectivity index (χ4n) is 5.47. The maximum atomic E-state index is 13.5. The Morgan fingerprint density at radius 2 is 1.53 bits per heavy atom. The molecule has 1 aliphatic heterocycles. The number of hydrogen-bond acceptors (Lipinski definition) is 4. The molecular weight excluding hydrogens is 398 g/mol. The van der Waals surface area contributed by atoms with Crippen LogP contribution in [0.25, 0.3) is 0 Å². The van der Waals surface area contributed by atoms with E-state index in [9.17, 15) is 9.59 Å². The highest BCUT2D eigenvalue weighted by Gasteiger charge is 2.41. The van der Waals surface area contributed by atoms with Gasteiger partial charge in [-0.3, -0.25) is 4.79 Å². The second-order valence-corrected chi connectivity index (χ2v) is 9.15. The van der Waals surface area contributed by atoms with Crippen LogP contribution in [0.15, 0.2) is 83.2 Å². The van der Waals surface area contributed by atoms with Gasteiger partial charge in [-0.15, -0.1) is 0 Å². The van der Waals surface area contributed by atoms with Crippen LogP contribution in [0.2, 0.25) is 0 Å². The number of benzene rings is 2. The van der Waals surface area contributed by atoms with Gasteiger partial charge in [-0.1, -0.05) is 60.7 Å². The van der Waals surface area contributed by atoms with Crippen molar-refractivity contribution in [3.63, 3.8) is 0 Å². The minimum absolute atomic E-state index is 0.0147. The first-order valence-electron chi connectivity index (χ1n) is 11.7. The molecule has 1 fully saturated rings. The van der Waals surface area contributed by atoms with Gasteiger partial charge < -0.3 is 10.1 Å². The van der Waals surface area contributed by atoms with E-state index in [0.29, 0.717) is 12.0 Å². The van der Waals surface area contributed by atoms with Gasteiger partial charge in [0.2, 0.25) is 0 Å². The molecule has 0 radical (unpaired) electrons. The van der Waals surface area contributed by atoms with Crippen molar-refractivity contribution < 1.29 is 14.3 Å². The van der Waals surface area contributed by atoms with Crippen LogP contribution in [0.5, 0.6) is 0 Å². The highest BCUT2D eigenvalue weighted by molar-refractivity contribution is 6.04. The summed E-state index contributed by atoms with van der Waals surface area (Å²) in [5, 5.41) is 3.44. The van der Waals surface area contributed by atoms with E-state index in [1.54, 1.807) is 0 Å². The largest absolute Gasteiger partial charge is 0.459 e. The lowest BCUT2D eigenvalue weighted by Gasteiger charge is -2.37. The summed E-state index contributed by atoms with van der Waals surface area (Å²) in [6.45, 7) is 1.93. The average Bonchev–Trinajstić information content (AvgIpc) is 3.32.